The highest BCUT2D eigenvalue weighted by molar-refractivity contribution is 5.44. The molecule has 0 aliphatic rings. The van der Waals surface area contributed by atoms with E-state index in [0.29, 0.717) is 35.1 Å². The van der Waals surface area contributed by atoms with Crippen molar-refractivity contribution in [2.45, 2.75) is 31.2 Å². The van der Waals surface area contributed by atoms with Crippen LogP contribution in [0.15, 0.2) is 85.3 Å². The third kappa shape index (κ3) is 7.20. The first kappa shape index (κ1) is 32.2. The summed E-state index contributed by atoms with van der Waals surface area (Å²) in [4.78, 5) is 5.69. The van der Waals surface area contributed by atoms with Crippen LogP contribution in [0.25, 0.3) is 0 Å². The Hall–Kier alpha value is -5.19. The molecule has 1 atom stereocenters. The van der Waals surface area contributed by atoms with Crippen LogP contribution in [-0.4, -0.2) is 49.3 Å². The smallest absolute Gasteiger partial charge is 0.323 e. The van der Waals surface area contributed by atoms with E-state index in [0.717, 1.165) is 35.4 Å². The number of alkyl halides is 2. The Bertz CT molecular complexity index is 1860. The molecular weight excluding hydrogens is 607 g/mol. The zero-order valence-corrected chi connectivity index (χ0v) is 24.6. The Labute approximate surface area is 261 Å². The average molecular weight is 635 g/mol. The van der Waals surface area contributed by atoms with Crippen molar-refractivity contribution in [3.05, 3.63) is 136 Å². The molecule has 0 bridgehead atoms. The van der Waals surface area contributed by atoms with Crippen molar-refractivity contribution in [1.29, 1.82) is 0 Å². The fourth-order valence-corrected chi connectivity index (χ4v) is 4.63. The first-order valence-electron chi connectivity index (χ1n) is 13.8. The van der Waals surface area contributed by atoms with Gasteiger partial charge in [0.25, 0.3) is 0 Å². The van der Waals surface area contributed by atoms with Gasteiger partial charge in [-0.1, -0.05) is 24.0 Å². The summed E-state index contributed by atoms with van der Waals surface area (Å²) in [5.41, 5.74) is -2.82. The van der Waals surface area contributed by atoms with E-state index < -0.39 is 41.0 Å². The predicted molar refractivity (Wildman–Crippen MR) is 157 cm³/mol. The Morgan fingerprint density at radius 1 is 0.891 bits per heavy atom. The molecule has 2 aromatic heterocycles. The fraction of sp³-hybridized carbons (Fsp3) is 0.212. The lowest BCUT2D eigenvalue weighted by molar-refractivity contribution is -0.207. The van der Waals surface area contributed by atoms with E-state index in [2.05, 4.69) is 32.4 Å². The minimum absolute atomic E-state index is 0.172. The molecule has 8 nitrogen and oxygen atoms in total. The summed E-state index contributed by atoms with van der Waals surface area (Å²) in [6.45, 7) is -0.294. The number of hydrogen-bond acceptors (Lipinski definition) is 7. The van der Waals surface area contributed by atoms with Gasteiger partial charge in [-0.2, -0.15) is 8.78 Å². The molecule has 5 aromatic rings. The molecule has 13 heteroatoms. The summed E-state index contributed by atoms with van der Waals surface area (Å²) in [5, 5.41) is 21.5. The average Bonchev–Trinajstić information content (AvgIpc) is 3.53. The van der Waals surface area contributed by atoms with Crippen LogP contribution in [0.1, 0.15) is 33.5 Å². The number of benzene rings is 3. The summed E-state index contributed by atoms with van der Waals surface area (Å²) in [6, 6.07) is 15.9. The molecule has 0 radical (unpaired) electrons. The highest BCUT2D eigenvalue weighted by Crippen LogP contribution is 2.46. The summed E-state index contributed by atoms with van der Waals surface area (Å²) in [5.74, 6) is -0.588. The molecule has 1 unspecified atom stereocenters. The van der Waals surface area contributed by atoms with Crippen molar-refractivity contribution in [1.82, 2.24) is 30.1 Å². The minimum atomic E-state index is -4.18. The molecule has 3 aromatic carbocycles. The summed E-state index contributed by atoms with van der Waals surface area (Å²) in [7, 11) is 3.73. The minimum Gasteiger partial charge on any atom is -0.489 e. The van der Waals surface area contributed by atoms with E-state index in [1.165, 1.54) is 12.1 Å². The van der Waals surface area contributed by atoms with Crippen molar-refractivity contribution in [2.24, 2.45) is 0 Å². The van der Waals surface area contributed by atoms with Gasteiger partial charge < -0.3 is 14.7 Å². The van der Waals surface area contributed by atoms with E-state index >= 15 is 8.78 Å². The number of ether oxygens (including phenoxy) is 1. The number of halogens is 5. The molecule has 0 saturated carbocycles. The van der Waals surface area contributed by atoms with E-state index in [4.69, 9.17) is 4.74 Å². The highest BCUT2D eigenvalue weighted by atomic mass is 19.3. The molecular formula is C33H27F5N6O2. The number of aliphatic hydroxyl groups is 1. The van der Waals surface area contributed by atoms with Crippen LogP contribution < -0.4 is 4.74 Å². The maximum absolute atomic E-state index is 15.9. The quantitative estimate of drug-likeness (QED) is 0.167. The normalized spacial score (nSPS) is 12.8. The standard InChI is InChI=1S/C33H27F5N6O2/c1-43(2)18-25-9-5-24(15-29(25)35)19-46-27-11-6-22(7-12-27)3-4-23-8-14-31(39-17-23)33(37,38)32(45,20-44-21-40-41-42-44)28-13-10-26(34)16-30(28)36/h5-17,21,45H,18-20H2,1-2H3. The molecule has 46 heavy (non-hydrogen) atoms. The second kappa shape index (κ2) is 13.4. The van der Waals surface area contributed by atoms with Crippen LogP contribution in [0, 0.1) is 29.3 Å². The Balaban J connectivity index is 1.28. The number of pyridine rings is 1. The van der Waals surface area contributed by atoms with Crippen molar-refractivity contribution >= 4 is 0 Å². The molecule has 0 aliphatic carbocycles. The predicted octanol–water partition coefficient (Wildman–Crippen LogP) is 5.21. The molecule has 2 heterocycles. The maximum atomic E-state index is 15.9. The van der Waals surface area contributed by atoms with Crippen LogP contribution >= 0.6 is 0 Å². The van der Waals surface area contributed by atoms with Gasteiger partial charge in [-0.25, -0.2) is 17.9 Å². The molecule has 5 rings (SSSR count). The lowest BCUT2D eigenvalue weighted by atomic mass is 9.84. The first-order chi connectivity index (χ1) is 21.9. The van der Waals surface area contributed by atoms with Crippen molar-refractivity contribution < 1.29 is 31.8 Å². The van der Waals surface area contributed by atoms with Crippen molar-refractivity contribution in [3.63, 3.8) is 0 Å². The van der Waals surface area contributed by atoms with E-state index in [1.807, 2.05) is 25.1 Å². The first-order valence-corrected chi connectivity index (χ1v) is 13.8. The summed E-state index contributed by atoms with van der Waals surface area (Å²) in [6.07, 6.45) is 2.06. The van der Waals surface area contributed by atoms with Crippen LogP contribution in [0.5, 0.6) is 5.75 Å². The molecule has 0 saturated heterocycles. The Morgan fingerprint density at radius 3 is 2.26 bits per heavy atom. The summed E-state index contributed by atoms with van der Waals surface area (Å²) >= 11 is 0. The molecule has 0 amide bonds. The van der Waals surface area contributed by atoms with Crippen molar-refractivity contribution in [2.75, 3.05) is 14.1 Å². The van der Waals surface area contributed by atoms with Crippen LogP contribution in [0.4, 0.5) is 22.0 Å². The number of rotatable bonds is 10. The number of hydrogen-bond donors (Lipinski definition) is 1. The Morgan fingerprint density at radius 2 is 1.63 bits per heavy atom. The van der Waals surface area contributed by atoms with E-state index in [-0.39, 0.29) is 18.0 Å². The van der Waals surface area contributed by atoms with Crippen LogP contribution in [0.3, 0.4) is 0 Å². The number of nitrogens with zero attached hydrogens (tertiary/aromatic N) is 6. The number of aromatic nitrogens is 5. The number of tetrazole rings is 1. The lowest BCUT2D eigenvalue weighted by Gasteiger charge is -2.35. The second-order valence-corrected chi connectivity index (χ2v) is 10.7. The molecule has 0 aliphatic heterocycles. The topological polar surface area (TPSA) is 89.2 Å². The molecule has 0 spiro atoms. The van der Waals surface area contributed by atoms with Gasteiger partial charge in [0.05, 0.1) is 6.54 Å². The van der Waals surface area contributed by atoms with Gasteiger partial charge in [-0.3, -0.25) is 4.98 Å². The van der Waals surface area contributed by atoms with Crippen molar-refractivity contribution in [3.8, 4) is 17.6 Å². The zero-order chi connectivity index (χ0) is 32.9. The van der Waals surface area contributed by atoms with Gasteiger partial charge >= 0.3 is 5.92 Å². The largest absolute Gasteiger partial charge is 0.489 e. The van der Waals surface area contributed by atoms with E-state index in [9.17, 15) is 18.3 Å². The van der Waals surface area contributed by atoms with Gasteiger partial charge in [0.1, 0.15) is 41.8 Å². The molecule has 0 fully saturated rings. The third-order valence-corrected chi connectivity index (χ3v) is 6.98. The van der Waals surface area contributed by atoms with Gasteiger partial charge in [0.15, 0.2) is 5.60 Å². The molecule has 236 valence electrons. The summed E-state index contributed by atoms with van der Waals surface area (Å²) < 4.78 is 81.0. The van der Waals surface area contributed by atoms with Gasteiger partial charge in [0.2, 0.25) is 0 Å². The second-order valence-electron chi connectivity index (χ2n) is 10.7. The maximum Gasteiger partial charge on any atom is 0.323 e. The van der Waals surface area contributed by atoms with Gasteiger partial charge in [-0.05, 0) is 84.7 Å². The zero-order valence-electron chi connectivity index (χ0n) is 24.6. The van der Waals surface area contributed by atoms with Gasteiger partial charge in [0, 0.05) is 41.1 Å². The third-order valence-electron chi connectivity index (χ3n) is 6.98. The molecule has 1 N–H and O–H groups in total. The SMILES string of the molecule is CN(C)Cc1ccc(COc2ccc(C#Cc3ccc(C(F)(F)C(O)(Cn4cnnn4)c4ccc(F)cc4F)nc3)cc2)cc1F. The van der Waals surface area contributed by atoms with Crippen LogP contribution in [-0.2, 0) is 31.2 Å². The lowest BCUT2D eigenvalue weighted by Crippen LogP contribution is -2.48. The highest BCUT2D eigenvalue weighted by Gasteiger charge is 2.58. The Kier molecular flexibility index (Phi) is 9.41. The fourth-order valence-electron chi connectivity index (χ4n) is 4.63. The van der Waals surface area contributed by atoms with Gasteiger partial charge in [-0.15, -0.1) is 5.10 Å². The van der Waals surface area contributed by atoms with E-state index in [1.54, 1.807) is 30.3 Å². The monoisotopic (exact) mass is 634 g/mol. The van der Waals surface area contributed by atoms with Crippen LogP contribution in [0.2, 0.25) is 0 Å².